The maximum Gasteiger partial charge on any atom is 0.406 e. The van der Waals surface area contributed by atoms with E-state index in [1.165, 1.54) is 23.2 Å². The van der Waals surface area contributed by atoms with Crippen LogP contribution in [0.4, 0.5) is 5.82 Å². The van der Waals surface area contributed by atoms with E-state index in [1.807, 2.05) is 30.3 Å². The van der Waals surface area contributed by atoms with Crippen LogP contribution in [0.25, 0.3) is 0 Å². The van der Waals surface area contributed by atoms with Crippen LogP contribution < -0.4 is 10.5 Å². The minimum atomic E-state index is -0.686. The summed E-state index contributed by atoms with van der Waals surface area (Å²) in [6, 6.07) is 12.0. The fourth-order valence-electron chi connectivity index (χ4n) is 2.20. The van der Waals surface area contributed by atoms with Crippen molar-refractivity contribution in [2.75, 3.05) is 13.2 Å². The van der Waals surface area contributed by atoms with Gasteiger partial charge in [0.05, 0.1) is 0 Å². The third-order valence-electron chi connectivity index (χ3n) is 3.47. The van der Waals surface area contributed by atoms with Crippen molar-refractivity contribution >= 4 is 17.6 Å². The number of hydrogen-bond acceptors (Lipinski definition) is 6. The second kappa shape index (κ2) is 9.11. The normalized spacial score (nSPS) is 10.2. The fraction of sp³-hybridized carbons (Fsp3) is 0.235. The molecule has 0 fully saturated rings. The summed E-state index contributed by atoms with van der Waals surface area (Å²) in [6.07, 6.45) is 1.27. The molecule has 0 unspecified atom stereocenters. The summed E-state index contributed by atoms with van der Waals surface area (Å²) in [7, 11) is 0. The average molecular weight is 358 g/mol. The first-order valence-electron chi connectivity index (χ1n) is 7.79. The van der Waals surface area contributed by atoms with Gasteiger partial charge in [-0.05, 0) is 27.6 Å². The van der Waals surface area contributed by atoms with Crippen molar-refractivity contribution in [1.82, 2.24) is 9.88 Å². The number of amides is 2. The standard InChI is InChI=1S/C17H18N4O5/c18-15(22)8-10-20(11-13-5-2-1-3-6-13)16(23)12-26-14-7-4-9-19-17(14)21(24)25/h1-7,9H,8,10-12H2,(H2,18,22). The minimum Gasteiger partial charge on any atom is -0.476 e. The number of aromatic nitrogens is 1. The summed E-state index contributed by atoms with van der Waals surface area (Å²) >= 11 is 0. The molecule has 2 N–H and O–H groups in total. The smallest absolute Gasteiger partial charge is 0.406 e. The number of benzene rings is 1. The van der Waals surface area contributed by atoms with Crippen molar-refractivity contribution in [3.63, 3.8) is 0 Å². The third kappa shape index (κ3) is 5.55. The molecule has 0 aliphatic carbocycles. The van der Waals surface area contributed by atoms with Crippen molar-refractivity contribution in [2.45, 2.75) is 13.0 Å². The highest BCUT2D eigenvalue weighted by atomic mass is 16.6. The highest BCUT2D eigenvalue weighted by Crippen LogP contribution is 2.22. The number of ether oxygens (including phenoxy) is 1. The van der Waals surface area contributed by atoms with Gasteiger partial charge in [0.1, 0.15) is 6.20 Å². The molecule has 0 aliphatic rings. The van der Waals surface area contributed by atoms with Gasteiger partial charge in [-0.3, -0.25) is 9.59 Å². The first-order valence-corrected chi connectivity index (χ1v) is 7.79. The number of carbonyl (C=O) groups is 2. The molecule has 0 spiro atoms. The van der Waals surface area contributed by atoms with Crippen LogP contribution in [0.15, 0.2) is 48.7 Å². The zero-order valence-corrected chi connectivity index (χ0v) is 13.9. The van der Waals surface area contributed by atoms with E-state index in [1.54, 1.807) is 0 Å². The number of carbonyl (C=O) groups excluding carboxylic acids is 2. The topological polar surface area (TPSA) is 129 Å². The molecule has 26 heavy (non-hydrogen) atoms. The van der Waals surface area contributed by atoms with E-state index in [9.17, 15) is 19.7 Å². The van der Waals surface area contributed by atoms with Gasteiger partial charge in [-0.2, -0.15) is 0 Å². The number of nitro groups is 1. The lowest BCUT2D eigenvalue weighted by Gasteiger charge is -2.22. The molecule has 0 bridgehead atoms. The Morgan fingerprint density at radius 2 is 1.92 bits per heavy atom. The summed E-state index contributed by atoms with van der Waals surface area (Å²) in [5.41, 5.74) is 6.03. The molecular formula is C17H18N4O5. The van der Waals surface area contributed by atoms with Crippen molar-refractivity contribution in [1.29, 1.82) is 0 Å². The number of rotatable bonds is 9. The van der Waals surface area contributed by atoms with Crippen LogP contribution in [0.2, 0.25) is 0 Å². The first kappa shape index (κ1) is 18.8. The van der Waals surface area contributed by atoms with Crippen LogP contribution in [0.3, 0.4) is 0 Å². The van der Waals surface area contributed by atoms with E-state index in [0.717, 1.165) is 5.56 Å². The largest absolute Gasteiger partial charge is 0.476 e. The predicted molar refractivity (Wildman–Crippen MR) is 92.1 cm³/mol. The van der Waals surface area contributed by atoms with E-state index < -0.39 is 29.2 Å². The molecule has 9 nitrogen and oxygen atoms in total. The van der Waals surface area contributed by atoms with Gasteiger partial charge in [-0.25, -0.2) is 0 Å². The monoisotopic (exact) mass is 358 g/mol. The summed E-state index contributed by atoms with van der Waals surface area (Å²) in [5.74, 6) is -1.51. The van der Waals surface area contributed by atoms with E-state index >= 15 is 0 Å². The van der Waals surface area contributed by atoms with Gasteiger partial charge < -0.3 is 25.5 Å². The zero-order valence-electron chi connectivity index (χ0n) is 13.9. The van der Waals surface area contributed by atoms with Gasteiger partial charge in [0.15, 0.2) is 6.61 Å². The Morgan fingerprint density at radius 3 is 2.58 bits per heavy atom. The third-order valence-corrected chi connectivity index (χ3v) is 3.47. The average Bonchev–Trinajstić information content (AvgIpc) is 2.64. The van der Waals surface area contributed by atoms with Gasteiger partial charge in [0.25, 0.3) is 5.91 Å². The molecule has 0 atom stereocenters. The minimum absolute atomic E-state index is 0.00557. The Morgan fingerprint density at radius 1 is 1.19 bits per heavy atom. The summed E-state index contributed by atoms with van der Waals surface area (Å²) in [5, 5.41) is 10.9. The molecule has 0 saturated carbocycles. The molecule has 1 heterocycles. The maximum atomic E-state index is 12.5. The lowest BCUT2D eigenvalue weighted by atomic mass is 10.2. The van der Waals surface area contributed by atoms with E-state index in [4.69, 9.17) is 10.5 Å². The second-order valence-corrected chi connectivity index (χ2v) is 5.39. The van der Waals surface area contributed by atoms with Crippen molar-refractivity contribution in [3.8, 4) is 5.75 Å². The molecule has 2 aromatic rings. The number of pyridine rings is 1. The fourth-order valence-corrected chi connectivity index (χ4v) is 2.20. The van der Waals surface area contributed by atoms with Gasteiger partial charge in [0, 0.05) is 19.5 Å². The Labute approximate surface area is 149 Å². The molecule has 0 aliphatic heterocycles. The zero-order chi connectivity index (χ0) is 18.9. The Kier molecular flexibility index (Phi) is 6.60. The van der Waals surface area contributed by atoms with Crippen molar-refractivity contribution in [3.05, 3.63) is 64.3 Å². The van der Waals surface area contributed by atoms with E-state index in [2.05, 4.69) is 4.98 Å². The molecule has 136 valence electrons. The van der Waals surface area contributed by atoms with Gasteiger partial charge in [-0.15, -0.1) is 0 Å². The van der Waals surface area contributed by atoms with Gasteiger partial charge >= 0.3 is 5.82 Å². The van der Waals surface area contributed by atoms with Crippen molar-refractivity contribution < 1.29 is 19.2 Å². The highest BCUT2D eigenvalue weighted by Gasteiger charge is 2.20. The number of primary amides is 1. The number of nitrogens with zero attached hydrogens (tertiary/aromatic N) is 3. The highest BCUT2D eigenvalue weighted by molar-refractivity contribution is 5.79. The molecule has 1 aromatic carbocycles. The Hall–Kier alpha value is -3.49. The van der Waals surface area contributed by atoms with Crippen LogP contribution in [-0.2, 0) is 16.1 Å². The predicted octanol–water partition coefficient (Wildman–Crippen LogP) is 1.27. The van der Waals surface area contributed by atoms with E-state index in [-0.39, 0.29) is 25.3 Å². The molecular weight excluding hydrogens is 340 g/mol. The Bertz CT molecular complexity index is 782. The number of hydrogen-bond donors (Lipinski definition) is 1. The van der Waals surface area contributed by atoms with Crippen LogP contribution in [0.5, 0.6) is 5.75 Å². The van der Waals surface area contributed by atoms with Crippen LogP contribution in [0, 0.1) is 10.1 Å². The maximum absolute atomic E-state index is 12.5. The van der Waals surface area contributed by atoms with Crippen LogP contribution in [0.1, 0.15) is 12.0 Å². The first-order chi connectivity index (χ1) is 12.5. The lowest BCUT2D eigenvalue weighted by Crippen LogP contribution is -2.36. The SMILES string of the molecule is NC(=O)CCN(Cc1ccccc1)C(=O)COc1cccnc1[N+](=O)[O-]. The van der Waals surface area contributed by atoms with Crippen LogP contribution in [-0.4, -0.2) is 39.8 Å². The van der Waals surface area contributed by atoms with Gasteiger partial charge in [-0.1, -0.05) is 30.3 Å². The summed E-state index contributed by atoms with van der Waals surface area (Å²) < 4.78 is 5.27. The second-order valence-electron chi connectivity index (χ2n) is 5.39. The van der Waals surface area contributed by atoms with Crippen molar-refractivity contribution in [2.24, 2.45) is 5.73 Å². The van der Waals surface area contributed by atoms with Crippen LogP contribution >= 0.6 is 0 Å². The Balaban J connectivity index is 2.06. The molecule has 0 saturated heterocycles. The van der Waals surface area contributed by atoms with Gasteiger partial charge in [0.2, 0.25) is 11.7 Å². The summed E-state index contributed by atoms with van der Waals surface area (Å²) in [6.45, 7) is -0.0227. The molecule has 2 rings (SSSR count). The molecule has 1 aromatic heterocycles. The van der Waals surface area contributed by atoms with E-state index in [0.29, 0.717) is 0 Å². The quantitative estimate of drug-likeness (QED) is 0.531. The number of nitrogens with two attached hydrogens (primary N) is 1. The molecule has 0 radical (unpaired) electrons. The molecule has 9 heteroatoms. The molecule has 2 amide bonds. The lowest BCUT2D eigenvalue weighted by molar-refractivity contribution is -0.390. The summed E-state index contributed by atoms with van der Waals surface area (Å²) in [4.78, 5) is 38.8.